The molecule has 0 fully saturated rings. The zero-order valence-electron chi connectivity index (χ0n) is 9.74. The molecule has 0 radical (unpaired) electrons. The minimum Gasteiger partial charge on any atom is -0.508 e. The third-order valence-corrected chi connectivity index (χ3v) is 2.70. The molecule has 90 valence electrons. The molecule has 0 aliphatic rings. The van der Waals surface area contributed by atoms with Gasteiger partial charge in [-0.2, -0.15) is 0 Å². The first-order valence-corrected chi connectivity index (χ1v) is 5.47. The van der Waals surface area contributed by atoms with Gasteiger partial charge in [0.15, 0.2) is 5.65 Å². The van der Waals surface area contributed by atoms with E-state index in [4.69, 9.17) is 4.74 Å². The summed E-state index contributed by atoms with van der Waals surface area (Å²) in [5.74, 6) is 0.751. The van der Waals surface area contributed by atoms with Gasteiger partial charge in [-0.1, -0.05) is 0 Å². The summed E-state index contributed by atoms with van der Waals surface area (Å²) < 4.78 is 6.92. The van der Waals surface area contributed by atoms with Gasteiger partial charge < -0.3 is 9.84 Å². The summed E-state index contributed by atoms with van der Waals surface area (Å²) >= 11 is 0. The lowest BCUT2D eigenvalue weighted by molar-refractivity contribution is 0.398. The van der Waals surface area contributed by atoms with Crippen LogP contribution in [0.1, 0.15) is 0 Å². The van der Waals surface area contributed by atoms with Crippen LogP contribution in [0.2, 0.25) is 0 Å². The molecule has 2 heterocycles. The van der Waals surface area contributed by atoms with Crippen molar-refractivity contribution >= 4 is 11.0 Å². The molecule has 0 saturated heterocycles. The van der Waals surface area contributed by atoms with Crippen LogP contribution in [0.15, 0.2) is 42.6 Å². The van der Waals surface area contributed by atoms with Crippen molar-refractivity contribution in [3.63, 3.8) is 0 Å². The van der Waals surface area contributed by atoms with E-state index in [1.165, 1.54) is 0 Å². The normalized spacial score (nSPS) is 10.7. The monoisotopic (exact) mass is 241 g/mol. The number of fused-ring (bicyclic) bond motifs is 1. The number of methoxy groups -OCH3 is 1. The van der Waals surface area contributed by atoms with E-state index in [0.29, 0.717) is 5.88 Å². The molecule has 0 unspecified atom stereocenters. The molecular formula is C13H11N3O2. The van der Waals surface area contributed by atoms with E-state index >= 15 is 0 Å². The van der Waals surface area contributed by atoms with Crippen molar-refractivity contribution in [1.29, 1.82) is 0 Å². The first-order valence-electron chi connectivity index (χ1n) is 5.47. The Kier molecular flexibility index (Phi) is 2.37. The smallest absolute Gasteiger partial charge is 0.242 e. The fourth-order valence-corrected chi connectivity index (χ4v) is 1.85. The molecule has 0 aliphatic carbocycles. The molecule has 0 atom stereocenters. The number of benzene rings is 1. The molecule has 0 bridgehead atoms. The van der Waals surface area contributed by atoms with Gasteiger partial charge in [0, 0.05) is 6.20 Å². The molecule has 3 rings (SSSR count). The van der Waals surface area contributed by atoms with Crippen LogP contribution in [-0.4, -0.2) is 27.0 Å². The van der Waals surface area contributed by atoms with Crippen molar-refractivity contribution in [2.75, 3.05) is 7.11 Å². The molecule has 0 saturated carbocycles. The molecule has 1 N–H and O–H groups in total. The van der Waals surface area contributed by atoms with E-state index in [9.17, 15) is 5.11 Å². The predicted molar refractivity (Wildman–Crippen MR) is 67.1 cm³/mol. The van der Waals surface area contributed by atoms with Crippen LogP contribution >= 0.6 is 0 Å². The van der Waals surface area contributed by atoms with Crippen molar-refractivity contribution in [3.05, 3.63) is 42.6 Å². The van der Waals surface area contributed by atoms with Crippen LogP contribution in [0.4, 0.5) is 0 Å². The van der Waals surface area contributed by atoms with E-state index < -0.39 is 0 Å². The quantitative estimate of drug-likeness (QED) is 0.746. The third kappa shape index (κ3) is 1.57. The highest BCUT2D eigenvalue weighted by Crippen LogP contribution is 2.25. The van der Waals surface area contributed by atoms with E-state index in [1.807, 2.05) is 12.1 Å². The highest BCUT2D eigenvalue weighted by Gasteiger charge is 2.12. The Morgan fingerprint density at radius 3 is 2.67 bits per heavy atom. The second kappa shape index (κ2) is 4.03. The summed E-state index contributed by atoms with van der Waals surface area (Å²) in [7, 11) is 1.58. The third-order valence-electron chi connectivity index (χ3n) is 2.70. The van der Waals surface area contributed by atoms with E-state index in [-0.39, 0.29) is 5.75 Å². The number of ether oxygens (including phenoxy) is 1. The van der Waals surface area contributed by atoms with Gasteiger partial charge in [-0.05, 0) is 36.4 Å². The molecule has 1 aromatic carbocycles. The maximum atomic E-state index is 9.30. The highest BCUT2D eigenvalue weighted by atomic mass is 16.5. The van der Waals surface area contributed by atoms with Gasteiger partial charge >= 0.3 is 0 Å². The maximum absolute atomic E-state index is 9.30. The predicted octanol–water partition coefficient (Wildman–Crippen LogP) is 2.13. The molecule has 0 amide bonds. The molecule has 5 nitrogen and oxygen atoms in total. The zero-order valence-corrected chi connectivity index (χ0v) is 9.74. The molecular weight excluding hydrogens is 230 g/mol. The van der Waals surface area contributed by atoms with Gasteiger partial charge in [0.05, 0.1) is 18.2 Å². The first kappa shape index (κ1) is 10.6. The second-order valence-corrected chi connectivity index (χ2v) is 3.81. The zero-order chi connectivity index (χ0) is 12.5. The number of rotatable bonds is 2. The summed E-state index contributed by atoms with van der Waals surface area (Å²) in [5.41, 5.74) is 1.54. The molecule has 18 heavy (non-hydrogen) atoms. The van der Waals surface area contributed by atoms with Crippen molar-refractivity contribution in [3.8, 4) is 17.3 Å². The number of phenols is 1. The SMILES string of the molecule is COc1nn(-c2ccc(O)cc2)c2ncccc12. The second-order valence-electron chi connectivity index (χ2n) is 3.81. The van der Waals surface area contributed by atoms with Crippen molar-refractivity contribution in [2.24, 2.45) is 0 Å². The minimum atomic E-state index is 0.218. The number of nitrogens with zero attached hydrogens (tertiary/aromatic N) is 3. The standard InChI is InChI=1S/C13H11N3O2/c1-18-13-11-3-2-8-14-12(11)16(15-13)9-4-6-10(17)7-5-9/h2-8,17H,1H3. The van der Waals surface area contributed by atoms with Crippen molar-refractivity contribution in [2.45, 2.75) is 0 Å². The average molecular weight is 241 g/mol. The van der Waals surface area contributed by atoms with Gasteiger partial charge in [-0.3, -0.25) is 0 Å². The molecule has 2 aromatic heterocycles. The van der Waals surface area contributed by atoms with Gasteiger partial charge in [-0.15, -0.1) is 5.10 Å². The summed E-state index contributed by atoms with van der Waals surface area (Å²) in [6.45, 7) is 0. The lowest BCUT2D eigenvalue weighted by Gasteiger charge is -2.01. The lowest BCUT2D eigenvalue weighted by atomic mass is 10.3. The van der Waals surface area contributed by atoms with Crippen molar-refractivity contribution in [1.82, 2.24) is 14.8 Å². The number of aromatic hydroxyl groups is 1. The van der Waals surface area contributed by atoms with Crippen molar-refractivity contribution < 1.29 is 9.84 Å². The number of aromatic nitrogens is 3. The first-order chi connectivity index (χ1) is 8.79. The Labute approximate surface area is 103 Å². The maximum Gasteiger partial charge on any atom is 0.242 e. The number of hydrogen-bond donors (Lipinski definition) is 1. The van der Waals surface area contributed by atoms with Gasteiger partial charge in [0.2, 0.25) is 5.88 Å². The Morgan fingerprint density at radius 2 is 1.94 bits per heavy atom. The molecule has 0 aliphatic heterocycles. The van der Waals surface area contributed by atoms with E-state index in [0.717, 1.165) is 16.7 Å². The Hall–Kier alpha value is -2.56. The molecule has 3 aromatic rings. The molecule has 0 spiro atoms. The minimum absolute atomic E-state index is 0.218. The highest BCUT2D eigenvalue weighted by molar-refractivity contribution is 5.82. The van der Waals surface area contributed by atoms with E-state index in [1.54, 1.807) is 42.3 Å². The summed E-state index contributed by atoms with van der Waals surface area (Å²) in [6.07, 6.45) is 1.71. The Balaban J connectivity index is 2.26. The Morgan fingerprint density at radius 1 is 1.17 bits per heavy atom. The summed E-state index contributed by atoms with van der Waals surface area (Å²) in [6, 6.07) is 10.5. The van der Waals surface area contributed by atoms with Crippen LogP contribution in [0, 0.1) is 0 Å². The van der Waals surface area contributed by atoms with Crippen LogP contribution < -0.4 is 4.74 Å². The van der Waals surface area contributed by atoms with Crippen LogP contribution in [-0.2, 0) is 0 Å². The fourth-order valence-electron chi connectivity index (χ4n) is 1.85. The summed E-state index contributed by atoms with van der Waals surface area (Å²) in [5, 5.41) is 14.5. The van der Waals surface area contributed by atoms with Gasteiger partial charge in [-0.25, -0.2) is 9.67 Å². The Bertz CT molecular complexity index is 689. The molecule has 5 heteroatoms. The average Bonchev–Trinajstić information content (AvgIpc) is 2.79. The summed E-state index contributed by atoms with van der Waals surface area (Å²) in [4.78, 5) is 4.31. The number of hydrogen-bond acceptors (Lipinski definition) is 4. The lowest BCUT2D eigenvalue weighted by Crippen LogP contribution is -1.97. The number of phenolic OH excluding ortho intramolecular Hbond substituents is 1. The number of pyridine rings is 1. The fraction of sp³-hybridized carbons (Fsp3) is 0.0769. The topological polar surface area (TPSA) is 60.2 Å². The van der Waals surface area contributed by atoms with Crippen LogP contribution in [0.25, 0.3) is 16.7 Å². The van der Waals surface area contributed by atoms with E-state index in [2.05, 4.69) is 10.1 Å². The largest absolute Gasteiger partial charge is 0.508 e. The van der Waals surface area contributed by atoms with Crippen LogP contribution in [0.5, 0.6) is 11.6 Å². The van der Waals surface area contributed by atoms with Crippen LogP contribution in [0.3, 0.4) is 0 Å². The van der Waals surface area contributed by atoms with Gasteiger partial charge in [0.1, 0.15) is 5.75 Å². The van der Waals surface area contributed by atoms with Gasteiger partial charge in [0.25, 0.3) is 0 Å².